The maximum absolute atomic E-state index is 5.85. The Balaban J connectivity index is 1.99. The van der Waals surface area contributed by atoms with Gasteiger partial charge in [0.2, 0.25) is 0 Å². The number of anilines is 1. The average Bonchev–Trinajstić information content (AvgIpc) is 2.78. The Morgan fingerprint density at radius 2 is 2.12 bits per heavy atom. The zero-order valence-corrected chi connectivity index (χ0v) is 10.7. The van der Waals surface area contributed by atoms with Crippen molar-refractivity contribution in [1.82, 2.24) is 0 Å². The van der Waals surface area contributed by atoms with Crippen LogP contribution in [-0.2, 0) is 4.74 Å². The van der Waals surface area contributed by atoms with Crippen LogP contribution >= 0.6 is 0 Å². The lowest BCUT2D eigenvalue weighted by atomic mass is 10.1. The van der Waals surface area contributed by atoms with E-state index in [1.165, 1.54) is 11.3 Å². The monoisotopic (exact) mass is 234 g/mol. The lowest BCUT2D eigenvalue weighted by Gasteiger charge is -2.19. The van der Waals surface area contributed by atoms with Gasteiger partial charge in [-0.2, -0.15) is 0 Å². The summed E-state index contributed by atoms with van der Waals surface area (Å²) in [6.07, 6.45) is 1.52. The van der Waals surface area contributed by atoms with Crippen molar-refractivity contribution in [3.63, 3.8) is 0 Å². The molecular formula is C14H22N2O. The van der Waals surface area contributed by atoms with Crippen LogP contribution < -0.4 is 10.6 Å². The van der Waals surface area contributed by atoms with Crippen LogP contribution in [0.15, 0.2) is 24.3 Å². The van der Waals surface area contributed by atoms with Crippen molar-refractivity contribution in [3.8, 4) is 0 Å². The van der Waals surface area contributed by atoms with E-state index in [1.807, 2.05) is 6.92 Å². The van der Waals surface area contributed by atoms with Gasteiger partial charge < -0.3 is 15.4 Å². The van der Waals surface area contributed by atoms with E-state index in [0.29, 0.717) is 6.10 Å². The number of benzene rings is 1. The van der Waals surface area contributed by atoms with E-state index in [4.69, 9.17) is 10.5 Å². The molecule has 1 aromatic rings. The summed E-state index contributed by atoms with van der Waals surface area (Å²) in [4.78, 5) is 2.38. The van der Waals surface area contributed by atoms with Gasteiger partial charge in [0.15, 0.2) is 0 Å². The first-order chi connectivity index (χ1) is 8.20. The summed E-state index contributed by atoms with van der Waals surface area (Å²) in [5.41, 5.74) is 8.31. The summed E-state index contributed by atoms with van der Waals surface area (Å²) >= 11 is 0. The molecule has 1 unspecified atom stereocenters. The standard InChI is InChI=1S/C14H22N2O/c1-3-17-14-8-9-16(10-14)13-6-4-12(5-7-13)11(2)15/h4-7,11,14H,3,8-10,15H2,1-2H3/t11?,14-/m1/s1. The highest BCUT2D eigenvalue weighted by Gasteiger charge is 2.22. The van der Waals surface area contributed by atoms with Crippen LogP contribution in [0.1, 0.15) is 31.9 Å². The molecule has 0 radical (unpaired) electrons. The van der Waals surface area contributed by atoms with E-state index in [-0.39, 0.29) is 6.04 Å². The van der Waals surface area contributed by atoms with Gasteiger partial charge in [0.05, 0.1) is 6.10 Å². The first-order valence-electron chi connectivity index (χ1n) is 6.42. The Morgan fingerprint density at radius 3 is 2.71 bits per heavy atom. The molecule has 0 aliphatic carbocycles. The normalized spacial score (nSPS) is 21.8. The van der Waals surface area contributed by atoms with Gasteiger partial charge >= 0.3 is 0 Å². The molecule has 3 nitrogen and oxygen atoms in total. The Hall–Kier alpha value is -1.06. The van der Waals surface area contributed by atoms with E-state index in [9.17, 15) is 0 Å². The number of nitrogens with zero attached hydrogens (tertiary/aromatic N) is 1. The Bertz CT molecular complexity index is 348. The summed E-state index contributed by atoms with van der Waals surface area (Å²) in [7, 11) is 0. The van der Waals surface area contributed by atoms with Crippen LogP contribution in [0.4, 0.5) is 5.69 Å². The maximum Gasteiger partial charge on any atom is 0.0766 e. The van der Waals surface area contributed by atoms with Crippen molar-refractivity contribution in [1.29, 1.82) is 0 Å². The molecule has 1 saturated heterocycles. The van der Waals surface area contributed by atoms with Crippen LogP contribution in [0.2, 0.25) is 0 Å². The fourth-order valence-electron chi connectivity index (χ4n) is 2.32. The molecule has 1 aromatic carbocycles. The van der Waals surface area contributed by atoms with Gasteiger partial charge in [0, 0.05) is 31.4 Å². The van der Waals surface area contributed by atoms with E-state index >= 15 is 0 Å². The van der Waals surface area contributed by atoms with Crippen molar-refractivity contribution in [3.05, 3.63) is 29.8 Å². The fourth-order valence-corrected chi connectivity index (χ4v) is 2.32. The number of hydrogen-bond donors (Lipinski definition) is 1. The van der Waals surface area contributed by atoms with Gasteiger partial charge in [0.1, 0.15) is 0 Å². The highest BCUT2D eigenvalue weighted by Crippen LogP contribution is 2.23. The van der Waals surface area contributed by atoms with E-state index in [2.05, 4.69) is 36.1 Å². The van der Waals surface area contributed by atoms with Gasteiger partial charge in [0.25, 0.3) is 0 Å². The molecule has 1 heterocycles. The molecule has 2 atom stereocenters. The van der Waals surface area contributed by atoms with Crippen molar-refractivity contribution >= 4 is 5.69 Å². The molecule has 94 valence electrons. The predicted molar refractivity (Wildman–Crippen MR) is 71.3 cm³/mol. The SMILES string of the molecule is CCO[C@@H]1CCN(c2ccc(C(C)N)cc2)C1. The fraction of sp³-hybridized carbons (Fsp3) is 0.571. The maximum atomic E-state index is 5.85. The molecule has 0 saturated carbocycles. The molecule has 0 bridgehead atoms. The van der Waals surface area contributed by atoms with Gasteiger partial charge in [-0.3, -0.25) is 0 Å². The quantitative estimate of drug-likeness (QED) is 0.869. The smallest absolute Gasteiger partial charge is 0.0766 e. The second-order valence-corrected chi connectivity index (χ2v) is 4.69. The summed E-state index contributed by atoms with van der Waals surface area (Å²) < 4.78 is 5.65. The molecule has 3 heteroatoms. The minimum atomic E-state index is 0.110. The first-order valence-corrected chi connectivity index (χ1v) is 6.42. The van der Waals surface area contributed by atoms with Crippen molar-refractivity contribution in [2.75, 3.05) is 24.6 Å². The average molecular weight is 234 g/mol. The number of nitrogens with two attached hydrogens (primary N) is 1. The minimum absolute atomic E-state index is 0.110. The molecule has 2 N–H and O–H groups in total. The summed E-state index contributed by atoms with van der Waals surface area (Å²) in [5.74, 6) is 0. The first kappa shape index (κ1) is 12.4. The van der Waals surface area contributed by atoms with Crippen molar-refractivity contribution in [2.45, 2.75) is 32.4 Å². The Morgan fingerprint density at radius 1 is 1.41 bits per heavy atom. The third-order valence-electron chi connectivity index (χ3n) is 3.33. The van der Waals surface area contributed by atoms with Gasteiger partial charge in [-0.25, -0.2) is 0 Å². The zero-order valence-electron chi connectivity index (χ0n) is 10.7. The van der Waals surface area contributed by atoms with Gasteiger partial charge in [-0.05, 0) is 38.0 Å². The van der Waals surface area contributed by atoms with Gasteiger partial charge in [-0.15, -0.1) is 0 Å². The molecular weight excluding hydrogens is 212 g/mol. The number of ether oxygens (including phenoxy) is 1. The lowest BCUT2D eigenvalue weighted by molar-refractivity contribution is 0.0787. The minimum Gasteiger partial charge on any atom is -0.377 e. The summed E-state index contributed by atoms with van der Waals surface area (Å²) in [6, 6.07) is 8.67. The van der Waals surface area contributed by atoms with E-state index in [0.717, 1.165) is 26.1 Å². The molecule has 17 heavy (non-hydrogen) atoms. The highest BCUT2D eigenvalue weighted by atomic mass is 16.5. The third-order valence-corrected chi connectivity index (χ3v) is 3.33. The van der Waals surface area contributed by atoms with E-state index in [1.54, 1.807) is 0 Å². The van der Waals surface area contributed by atoms with Crippen molar-refractivity contribution in [2.24, 2.45) is 5.73 Å². The largest absolute Gasteiger partial charge is 0.377 e. The predicted octanol–water partition coefficient (Wildman–Crippen LogP) is 2.32. The van der Waals surface area contributed by atoms with Gasteiger partial charge in [-0.1, -0.05) is 12.1 Å². The van der Waals surface area contributed by atoms with Crippen LogP contribution in [0, 0.1) is 0 Å². The zero-order chi connectivity index (χ0) is 12.3. The number of hydrogen-bond acceptors (Lipinski definition) is 3. The number of rotatable bonds is 4. The van der Waals surface area contributed by atoms with Crippen LogP contribution in [0.3, 0.4) is 0 Å². The van der Waals surface area contributed by atoms with E-state index < -0.39 is 0 Å². The van der Waals surface area contributed by atoms with Crippen LogP contribution in [-0.4, -0.2) is 25.8 Å². The Kier molecular flexibility index (Phi) is 4.02. The second-order valence-electron chi connectivity index (χ2n) is 4.69. The van der Waals surface area contributed by atoms with Crippen LogP contribution in [0.5, 0.6) is 0 Å². The van der Waals surface area contributed by atoms with Crippen molar-refractivity contribution < 1.29 is 4.74 Å². The lowest BCUT2D eigenvalue weighted by Crippen LogP contribution is -2.22. The Labute approximate surface area is 104 Å². The topological polar surface area (TPSA) is 38.5 Å². The second kappa shape index (κ2) is 5.52. The molecule has 0 aromatic heterocycles. The molecule has 1 aliphatic heterocycles. The molecule has 1 fully saturated rings. The molecule has 0 amide bonds. The summed E-state index contributed by atoms with van der Waals surface area (Å²) in [6.45, 7) is 6.96. The molecule has 0 spiro atoms. The van der Waals surface area contributed by atoms with Crippen LogP contribution in [0.25, 0.3) is 0 Å². The third kappa shape index (κ3) is 2.99. The molecule has 1 aliphatic rings. The highest BCUT2D eigenvalue weighted by molar-refractivity contribution is 5.49. The summed E-state index contributed by atoms with van der Waals surface area (Å²) in [5, 5.41) is 0. The molecule has 2 rings (SSSR count).